The quantitative estimate of drug-likeness (QED) is 0.435. The summed E-state index contributed by atoms with van der Waals surface area (Å²) in [5.41, 5.74) is 1.41. The number of thioether (sulfide) groups is 1. The molecule has 1 aromatic carbocycles. The van der Waals surface area contributed by atoms with Crippen molar-refractivity contribution in [2.75, 3.05) is 12.3 Å². The fourth-order valence-electron chi connectivity index (χ4n) is 3.21. The van der Waals surface area contributed by atoms with Crippen molar-refractivity contribution < 1.29 is 18.7 Å². The normalized spacial score (nSPS) is 14.8. The summed E-state index contributed by atoms with van der Waals surface area (Å²) in [7, 11) is 0. The zero-order chi connectivity index (χ0) is 21.1. The summed E-state index contributed by atoms with van der Waals surface area (Å²) in [5, 5.41) is 3.66. The van der Waals surface area contributed by atoms with Gasteiger partial charge >= 0.3 is 0 Å². The SMILES string of the molecule is CC(=O)c1ccc(-c2cc(F)cc3c2O[C@H](CNC(=O)CSc2ccccn2)C3)s1. The van der Waals surface area contributed by atoms with Gasteiger partial charge in [0.05, 0.1) is 22.2 Å². The molecule has 0 bridgehead atoms. The zero-order valence-electron chi connectivity index (χ0n) is 16.2. The van der Waals surface area contributed by atoms with Gasteiger partial charge < -0.3 is 10.1 Å². The highest BCUT2D eigenvalue weighted by Crippen LogP contribution is 2.42. The summed E-state index contributed by atoms with van der Waals surface area (Å²) in [4.78, 5) is 29.3. The van der Waals surface area contributed by atoms with Crippen molar-refractivity contribution in [2.45, 2.75) is 24.5 Å². The minimum Gasteiger partial charge on any atom is -0.487 e. The molecule has 0 radical (unpaired) electrons. The lowest BCUT2D eigenvalue weighted by Crippen LogP contribution is -2.35. The molecule has 3 heterocycles. The fourth-order valence-corrected chi connectivity index (χ4v) is 4.82. The number of hydrogen-bond acceptors (Lipinski definition) is 6. The van der Waals surface area contributed by atoms with Crippen LogP contribution < -0.4 is 10.1 Å². The minimum absolute atomic E-state index is 0.0237. The number of pyridine rings is 1. The van der Waals surface area contributed by atoms with Gasteiger partial charge in [-0.1, -0.05) is 17.8 Å². The molecule has 0 saturated carbocycles. The lowest BCUT2D eigenvalue weighted by molar-refractivity contribution is -0.118. The third-order valence-electron chi connectivity index (χ3n) is 4.60. The topological polar surface area (TPSA) is 68.3 Å². The average molecular weight is 443 g/mol. The number of amides is 1. The second kappa shape index (κ2) is 8.97. The Morgan fingerprint density at radius 2 is 2.17 bits per heavy atom. The summed E-state index contributed by atoms with van der Waals surface area (Å²) in [6.45, 7) is 1.84. The van der Waals surface area contributed by atoms with Crippen molar-refractivity contribution >= 4 is 34.8 Å². The summed E-state index contributed by atoms with van der Waals surface area (Å²) in [5.74, 6) is 0.405. The van der Waals surface area contributed by atoms with Crippen molar-refractivity contribution in [1.29, 1.82) is 0 Å². The van der Waals surface area contributed by atoms with Gasteiger partial charge in [0.15, 0.2) is 5.78 Å². The van der Waals surface area contributed by atoms with Gasteiger partial charge in [0.25, 0.3) is 0 Å². The molecule has 1 N–H and O–H groups in total. The summed E-state index contributed by atoms with van der Waals surface area (Å²) in [6.07, 6.45) is 1.93. The highest BCUT2D eigenvalue weighted by atomic mass is 32.2. The van der Waals surface area contributed by atoms with E-state index in [-0.39, 0.29) is 29.4 Å². The van der Waals surface area contributed by atoms with Crippen LogP contribution >= 0.6 is 23.1 Å². The first kappa shape index (κ1) is 20.6. The molecule has 3 aromatic rings. The van der Waals surface area contributed by atoms with Crippen LogP contribution in [0.2, 0.25) is 0 Å². The van der Waals surface area contributed by atoms with Gasteiger partial charge in [-0.25, -0.2) is 9.37 Å². The number of ketones is 1. The van der Waals surface area contributed by atoms with Gasteiger partial charge in [-0.2, -0.15) is 0 Å². The van der Waals surface area contributed by atoms with Crippen LogP contribution in [0.25, 0.3) is 10.4 Å². The number of aromatic nitrogens is 1. The Balaban J connectivity index is 1.39. The number of hydrogen-bond donors (Lipinski definition) is 1. The predicted molar refractivity (Wildman–Crippen MR) is 116 cm³/mol. The van der Waals surface area contributed by atoms with E-state index in [0.29, 0.717) is 29.2 Å². The first-order valence-electron chi connectivity index (χ1n) is 9.40. The van der Waals surface area contributed by atoms with Crippen molar-refractivity contribution in [3.8, 4) is 16.2 Å². The number of fused-ring (bicyclic) bond motifs is 1. The molecule has 1 amide bonds. The van der Waals surface area contributed by atoms with Gasteiger partial charge in [0.1, 0.15) is 17.7 Å². The molecule has 0 aliphatic carbocycles. The monoisotopic (exact) mass is 442 g/mol. The molecular formula is C22H19FN2O3S2. The van der Waals surface area contributed by atoms with Crippen molar-refractivity contribution in [3.05, 3.63) is 64.9 Å². The first-order chi connectivity index (χ1) is 14.5. The number of Topliss-reactive ketones (excluding diaryl/α,β-unsaturated/α-hetero) is 1. The van der Waals surface area contributed by atoms with E-state index < -0.39 is 0 Å². The second-order valence-corrected chi connectivity index (χ2v) is 8.95. The Morgan fingerprint density at radius 1 is 1.30 bits per heavy atom. The lowest BCUT2D eigenvalue weighted by atomic mass is 10.0. The standard InChI is InChI=1S/C22H19FN2O3S2/c1-13(26)18-5-6-19(30-18)17-10-15(23)8-14-9-16(28-22(14)17)11-25-20(27)12-29-21-4-2-3-7-24-21/h2-8,10,16H,9,11-12H2,1H3,(H,25,27)/t16-/m0/s1. The molecule has 8 heteroatoms. The van der Waals surface area contributed by atoms with E-state index in [0.717, 1.165) is 15.5 Å². The Labute approximate surface area is 181 Å². The van der Waals surface area contributed by atoms with Crippen LogP contribution in [-0.2, 0) is 11.2 Å². The van der Waals surface area contributed by atoms with Crippen LogP contribution in [0.3, 0.4) is 0 Å². The molecule has 5 nitrogen and oxygen atoms in total. The van der Waals surface area contributed by atoms with Gasteiger partial charge in [0, 0.05) is 28.6 Å². The zero-order valence-corrected chi connectivity index (χ0v) is 17.8. The Hall–Kier alpha value is -2.71. The molecule has 154 valence electrons. The third-order valence-corrected chi connectivity index (χ3v) is 6.76. The van der Waals surface area contributed by atoms with Crippen LogP contribution in [0, 0.1) is 5.82 Å². The third kappa shape index (κ3) is 4.71. The molecule has 1 aliphatic heterocycles. The minimum atomic E-state index is -0.346. The van der Waals surface area contributed by atoms with Gasteiger partial charge in [-0.05, 0) is 43.3 Å². The largest absolute Gasteiger partial charge is 0.487 e. The van der Waals surface area contributed by atoms with Crippen molar-refractivity contribution in [3.63, 3.8) is 0 Å². The molecular weight excluding hydrogens is 423 g/mol. The molecule has 0 fully saturated rings. The number of nitrogens with zero attached hydrogens (tertiary/aromatic N) is 1. The molecule has 2 aromatic heterocycles. The smallest absolute Gasteiger partial charge is 0.230 e. The Morgan fingerprint density at radius 3 is 2.90 bits per heavy atom. The van der Waals surface area contributed by atoms with Crippen LogP contribution in [0.15, 0.2) is 53.7 Å². The van der Waals surface area contributed by atoms with Gasteiger partial charge in [-0.15, -0.1) is 11.3 Å². The van der Waals surface area contributed by atoms with E-state index in [1.165, 1.54) is 42.2 Å². The number of carbonyl (C=O) groups is 2. The lowest BCUT2D eigenvalue weighted by Gasteiger charge is -2.13. The van der Waals surface area contributed by atoms with Gasteiger partial charge in [0.2, 0.25) is 5.91 Å². The Bertz CT molecular complexity index is 1090. The van der Waals surface area contributed by atoms with Gasteiger partial charge in [-0.3, -0.25) is 9.59 Å². The second-order valence-electron chi connectivity index (χ2n) is 6.87. The van der Waals surface area contributed by atoms with Crippen LogP contribution in [-0.4, -0.2) is 35.1 Å². The van der Waals surface area contributed by atoms with Crippen LogP contribution in [0.1, 0.15) is 22.2 Å². The average Bonchev–Trinajstić information content (AvgIpc) is 3.38. The van der Waals surface area contributed by atoms with E-state index in [2.05, 4.69) is 10.3 Å². The van der Waals surface area contributed by atoms with E-state index in [1.807, 2.05) is 24.3 Å². The number of carbonyl (C=O) groups excluding carboxylic acids is 2. The maximum Gasteiger partial charge on any atom is 0.230 e. The fraction of sp³-hybridized carbons (Fsp3) is 0.227. The van der Waals surface area contributed by atoms with E-state index >= 15 is 0 Å². The number of ether oxygens (including phenoxy) is 1. The van der Waals surface area contributed by atoms with E-state index in [9.17, 15) is 14.0 Å². The van der Waals surface area contributed by atoms with E-state index in [4.69, 9.17) is 4.74 Å². The van der Waals surface area contributed by atoms with Crippen LogP contribution in [0.5, 0.6) is 5.75 Å². The molecule has 4 rings (SSSR count). The number of nitrogens with one attached hydrogen (secondary N) is 1. The first-order valence-corrected chi connectivity index (χ1v) is 11.2. The number of rotatable bonds is 7. The number of benzene rings is 1. The predicted octanol–water partition coefficient (Wildman–Crippen LogP) is 4.36. The molecule has 30 heavy (non-hydrogen) atoms. The highest BCUT2D eigenvalue weighted by molar-refractivity contribution is 7.99. The summed E-state index contributed by atoms with van der Waals surface area (Å²) >= 11 is 2.68. The van der Waals surface area contributed by atoms with Crippen molar-refractivity contribution in [1.82, 2.24) is 10.3 Å². The molecule has 0 spiro atoms. The number of thiophene rings is 1. The molecule has 1 aliphatic rings. The summed E-state index contributed by atoms with van der Waals surface area (Å²) in [6, 6.07) is 12.0. The molecule has 0 unspecified atom stereocenters. The molecule has 1 atom stereocenters. The van der Waals surface area contributed by atoms with E-state index in [1.54, 1.807) is 12.3 Å². The highest BCUT2D eigenvalue weighted by Gasteiger charge is 2.28. The number of halogens is 1. The van der Waals surface area contributed by atoms with Crippen molar-refractivity contribution in [2.24, 2.45) is 0 Å². The maximum absolute atomic E-state index is 14.2. The maximum atomic E-state index is 14.2. The molecule has 0 saturated heterocycles. The Kier molecular flexibility index (Phi) is 6.15. The summed E-state index contributed by atoms with van der Waals surface area (Å²) < 4.78 is 20.2. The van der Waals surface area contributed by atoms with Crippen LogP contribution in [0.4, 0.5) is 4.39 Å².